The summed E-state index contributed by atoms with van der Waals surface area (Å²) < 4.78 is 23.9. The summed E-state index contributed by atoms with van der Waals surface area (Å²) in [7, 11) is -4.00. The zero-order valence-corrected chi connectivity index (χ0v) is 7.58. The first-order valence-corrected chi connectivity index (χ1v) is 4.76. The molecule has 0 radical (unpaired) electrons. The number of rotatable bonds is 1. The molecule has 0 aromatic heterocycles. The second kappa shape index (κ2) is 2.61. The van der Waals surface area contributed by atoms with Crippen molar-refractivity contribution < 1.29 is 12.5 Å². The lowest BCUT2D eigenvalue weighted by Gasteiger charge is -2.33. The molecule has 0 saturated heterocycles. The van der Waals surface area contributed by atoms with E-state index < -0.39 is 14.3 Å². The molecule has 0 N–H and O–H groups in total. The maximum Gasteiger partial charge on any atom is 0.421 e. The lowest BCUT2D eigenvalue weighted by Crippen LogP contribution is -2.47. The quantitative estimate of drug-likeness (QED) is 0.433. The molecule has 1 rings (SSSR count). The number of amidine groups is 1. The summed E-state index contributed by atoms with van der Waals surface area (Å²) in [6.45, 7) is 2.77. The summed E-state index contributed by atoms with van der Waals surface area (Å²) in [5, 5.41) is 11.4. The number of hydrogen-bond donors (Lipinski definition) is 0. The van der Waals surface area contributed by atoms with Gasteiger partial charge in [0.25, 0.3) is 0 Å². The fourth-order valence-corrected chi connectivity index (χ4v) is 1.75. The maximum atomic E-state index is 11.4. The highest BCUT2D eigenvalue weighted by Gasteiger charge is 2.33. The van der Waals surface area contributed by atoms with Crippen LogP contribution in [0.25, 0.3) is 0 Å². The Labute approximate surface area is 70.6 Å². The summed E-state index contributed by atoms with van der Waals surface area (Å²) in [5.41, 5.74) is 0. The summed E-state index contributed by atoms with van der Waals surface area (Å²) in [4.78, 5) is 3.56. The number of quaternary nitrogens is 1. The molecule has 1 unspecified atom stereocenters. The average molecular weight is 191 g/mol. The Bertz CT molecular complexity index is 345. The largest absolute Gasteiger partial charge is 0.609 e. The minimum atomic E-state index is -4.00. The molecule has 0 aliphatic carbocycles. The standard InChI is InChI=1S/C5H9N3O3S/c1-3-8(9)4-6-5(2)7-12(8,10)11/h4H,3H2,1-2H3. The van der Waals surface area contributed by atoms with Gasteiger partial charge < -0.3 is 5.21 Å². The second-order valence-electron chi connectivity index (χ2n) is 2.37. The topological polar surface area (TPSA) is 81.9 Å². The Hall–Kier alpha value is -0.790. The third-order valence-electron chi connectivity index (χ3n) is 1.50. The second-order valence-corrected chi connectivity index (χ2v) is 4.07. The van der Waals surface area contributed by atoms with Gasteiger partial charge >= 0.3 is 10.2 Å². The van der Waals surface area contributed by atoms with Crippen molar-refractivity contribution in [2.24, 2.45) is 9.39 Å². The minimum Gasteiger partial charge on any atom is -0.609 e. The van der Waals surface area contributed by atoms with Crippen molar-refractivity contribution >= 4 is 22.4 Å². The molecule has 1 aliphatic heterocycles. The molecule has 1 heterocycles. The van der Waals surface area contributed by atoms with E-state index in [2.05, 4.69) is 9.39 Å². The fourth-order valence-electron chi connectivity index (χ4n) is 0.736. The van der Waals surface area contributed by atoms with Crippen molar-refractivity contribution in [3.8, 4) is 0 Å². The van der Waals surface area contributed by atoms with Crippen LogP contribution in [-0.4, -0.2) is 31.2 Å². The molecule has 0 aromatic rings. The average Bonchev–Trinajstić information content (AvgIpc) is 1.97. The number of nitrogens with zero attached hydrogens (tertiary/aromatic N) is 3. The molecule has 68 valence electrons. The number of hydroxylamine groups is 2. The van der Waals surface area contributed by atoms with Gasteiger partial charge in [0, 0.05) is 0 Å². The predicted octanol–water partition coefficient (Wildman–Crippen LogP) is 0.0260. The Kier molecular flexibility index (Phi) is 2.02. The van der Waals surface area contributed by atoms with Gasteiger partial charge in [0.2, 0.25) is 6.34 Å². The van der Waals surface area contributed by atoms with Crippen molar-refractivity contribution in [2.45, 2.75) is 13.8 Å². The zero-order valence-electron chi connectivity index (χ0n) is 6.76. The lowest BCUT2D eigenvalue weighted by atomic mass is 10.7. The zero-order chi connectivity index (χ0) is 9.41. The summed E-state index contributed by atoms with van der Waals surface area (Å²) in [5.74, 6) is 0.0908. The number of aliphatic imine (C=N–C) groups is 1. The van der Waals surface area contributed by atoms with Gasteiger partial charge in [-0.25, -0.2) is 0 Å². The van der Waals surface area contributed by atoms with Crippen LogP contribution in [0.5, 0.6) is 0 Å². The minimum absolute atomic E-state index is 0.0908. The first-order chi connectivity index (χ1) is 5.41. The fraction of sp³-hybridized carbons (Fsp3) is 0.600. The highest BCUT2D eigenvalue weighted by atomic mass is 32.2. The first-order valence-electron chi connectivity index (χ1n) is 3.37. The van der Waals surface area contributed by atoms with Crippen LogP contribution in [0.3, 0.4) is 0 Å². The van der Waals surface area contributed by atoms with Crippen molar-refractivity contribution in [3.05, 3.63) is 5.21 Å². The smallest absolute Gasteiger partial charge is 0.421 e. The molecular weight excluding hydrogens is 182 g/mol. The van der Waals surface area contributed by atoms with Crippen molar-refractivity contribution in [1.29, 1.82) is 0 Å². The van der Waals surface area contributed by atoms with E-state index in [1.807, 2.05) is 0 Å². The monoisotopic (exact) mass is 191 g/mol. The van der Waals surface area contributed by atoms with Gasteiger partial charge in [0.15, 0.2) is 0 Å². The van der Waals surface area contributed by atoms with Crippen LogP contribution in [-0.2, 0) is 10.2 Å². The van der Waals surface area contributed by atoms with Gasteiger partial charge in [-0.2, -0.15) is 9.04 Å². The van der Waals surface area contributed by atoms with Gasteiger partial charge in [-0.05, 0) is 13.8 Å². The maximum absolute atomic E-state index is 11.4. The van der Waals surface area contributed by atoms with Crippen LogP contribution in [0.4, 0.5) is 0 Å². The van der Waals surface area contributed by atoms with E-state index in [1.54, 1.807) is 0 Å². The van der Waals surface area contributed by atoms with E-state index in [0.717, 1.165) is 6.34 Å². The first kappa shape index (κ1) is 9.30. The molecule has 0 bridgehead atoms. The molecule has 12 heavy (non-hydrogen) atoms. The highest BCUT2D eigenvalue weighted by molar-refractivity contribution is 7.85. The Balaban J connectivity index is 3.23. The molecule has 0 amide bonds. The molecule has 7 heteroatoms. The molecule has 0 fully saturated rings. The highest BCUT2D eigenvalue weighted by Crippen LogP contribution is 2.15. The van der Waals surface area contributed by atoms with Crippen LogP contribution in [0.1, 0.15) is 13.8 Å². The van der Waals surface area contributed by atoms with Gasteiger partial charge in [0.1, 0.15) is 5.84 Å². The van der Waals surface area contributed by atoms with Gasteiger partial charge in [-0.3, -0.25) is 0 Å². The Morgan fingerprint density at radius 1 is 1.67 bits per heavy atom. The number of hydrogen-bond acceptors (Lipinski definition) is 4. The van der Waals surface area contributed by atoms with E-state index in [0.29, 0.717) is 0 Å². The third kappa shape index (κ3) is 1.26. The van der Waals surface area contributed by atoms with E-state index in [4.69, 9.17) is 0 Å². The molecule has 1 atom stereocenters. The van der Waals surface area contributed by atoms with Crippen molar-refractivity contribution in [2.75, 3.05) is 6.54 Å². The molecule has 0 saturated carbocycles. The summed E-state index contributed by atoms with van der Waals surface area (Å²) in [6, 6.07) is 0. The van der Waals surface area contributed by atoms with Crippen LogP contribution in [0.15, 0.2) is 9.39 Å². The predicted molar refractivity (Wildman–Crippen MR) is 44.7 cm³/mol. The SMILES string of the molecule is CC[N+]1([O-])C=NC(C)=NS1(=O)=O. The van der Waals surface area contributed by atoms with E-state index >= 15 is 0 Å². The van der Waals surface area contributed by atoms with Crippen molar-refractivity contribution in [3.63, 3.8) is 0 Å². The lowest BCUT2D eigenvalue weighted by molar-refractivity contribution is -0.640. The van der Waals surface area contributed by atoms with Gasteiger partial charge in [-0.15, -0.1) is 8.42 Å². The van der Waals surface area contributed by atoms with Crippen LogP contribution < -0.4 is 0 Å². The van der Waals surface area contributed by atoms with Crippen LogP contribution in [0, 0.1) is 5.21 Å². The third-order valence-corrected chi connectivity index (χ3v) is 3.13. The molecule has 0 aromatic carbocycles. The summed E-state index contributed by atoms with van der Waals surface area (Å²) >= 11 is 0. The van der Waals surface area contributed by atoms with Crippen LogP contribution in [0.2, 0.25) is 0 Å². The summed E-state index contributed by atoms with van der Waals surface area (Å²) in [6.07, 6.45) is 0.845. The Morgan fingerprint density at radius 2 is 2.25 bits per heavy atom. The Morgan fingerprint density at radius 3 is 2.67 bits per heavy atom. The van der Waals surface area contributed by atoms with E-state index in [1.165, 1.54) is 13.8 Å². The molecule has 1 aliphatic rings. The molecular formula is C5H9N3O3S. The van der Waals surface area contributed by atoms with Gasteiger partial charge in [0.05, 0.1) is 6.54 Å². The van der Waals surface area contributed by atoms with E-state index in [-0.39, 0.29) is 12.4 Å². The molecule has 0 spiro atoms. The van der Waals surface area contributed by atoms with E-state index in [9.17, 15) is 13.6 Å². The molecule has 6 nitrogen and oxygen atoms in total. The normalized spacial score (nSPS) is 33.1. The van der Waals surface area contributed by atoms with Crippen LogP contribution >= 0.6 is 0 Å². The van der Waals surface area contributed by atoms with Crippen molar-refractivity contribution in [1.82, 2.24) is 0 Å². The van der Waals surface area contributed by atoms with Gasteiger partial charge in [-0.1, -0.05) is 4.40 Å².